The van der Waals surface area contributed by atoms with Crippen LogP contribution in [0, 0.1) is 0 Å². The number of ether oxygens (including phenoxy) is 1. The van der Waals surface area contributed by atoms with Crippen molar-refractivity contribution in [2.45, 2.75) is 392 Å². The van der Waals surface area contributed by atoms with Gasteiger partial charge in [0.15, 0.2) is 0 Å². The molecule has 0 saturated carbocycles. The number of unbranched alkanes of at least 4 members (excludes halogenated alkanes) is 50. The van der Waals surface area contributed by atoms with Gasteiger partial charge in [-0.3, -0.25) is 9.59 Å². The second-order valence-electron chi connectivity index (χ2n) is 23.2. The third-order valence-corrected chi connectivity index (χ3v) is 15.8. The average molecular weight is 1030 g/mol. The molecule has 0 radical (unpaired) electrons. The lowest BCUT2D eigenvalue weighted by atomic mass is 10.0. The fraction of sp³-hybridized carbons (Fsp3) is 0.940. The molecule has 0 heterocycles. The van der Waals surface area contributed by atoms with Crippen LogP contribution in [0.4, 0.5) is 0 Å². The number of amides is 1. The summed E-state index contributed by atoms with van der Waals surface area (Å²) >= 11 is 0. The Balaban J connectivity index is 3.45. The number of allylic oxidation sites excluding steroid dienone is 2. The summed E-state index contributed by atoms with van der Waals surface area (Å²) in [5.74, 6) is -0.0718. The van der Waals surface area contributed by atoms with Gasteiger partial charge in [-0.25, -0.2) is 0 Å². The lowest BCUT2D eigenvalue weighted by molar-refractivity contribution is -0.143. The first kappa shape index (κ1) is 71.6. The highest BCUT2D eigenvalue weighted by molar-refractivity contribution is 5.76. The van der Waals surface area contributed by atoms with Crippen molar-refractivity contribution in [3.8, 4) is 0 Å². The maximum atomic E-state index is 12.5. The van der Waals surface area contributed by atoms with Crippen LogP contribution in [0.5, 0.6) is 0 Å². The van der Waals surface area contributed by atoms with Gasteiger partial charge in [-0.05, 0) is 57.8 Å². The van der Waals surface area contributed by atoms with Crippen molar-refractivity contribution in [3.63, 3.8) is 0 Å². The van der Waals surface area contributed by atoms with E-state index < -0.39 is 12.1 Å². The molecular formula is C67H131NO5. The van der Waals surface area contributed by atoms with Gasteiger partial charge in [0.25, 0.3) is 0 Å². The van der Waals surface area contributed by atoms with Crippen molar-refractivity contribution >= 4 is 11.9 Å². The van der Waals surface area contributed by atoms with Crippen LogP contribution in [-0.2, 0) is 14.3 Å². The lowest BCUT2D eigenvalue weighted by Crippen LogP contribution is -2.45. The summed E-state index contributed by atoms with van der Waals surface area (Å²) in [7, 11) is 0. The molecule has 3 N–H and O–H groups in total. The van der Waals surface area contributed by atoms with Gasteiger partial charge in [0.2, 0.25) is 5.91 Å². The maximum absolute atomic E-state index is 12.5. The Labute approximate surface area is 457 Å². The maximum Gasteiger partial charge on any atom is 0.305 e. The molecule has 0 fully saturated rings. The number of aliphatic hydroxyl groups excluding tert-OH is 2. The van der Waals surface area contributed by atoms with E-state index in [9.17, 15) is 19.8 Å². The summed E-state index contributed by atoms with van der Waals surface area (Å²) in [6.07, 6.45) is 76.7. The van der Waals surface area contributed by atoms with Gasteiger partial charge in [0, 0.05) is 12.8 Å². The SMILES string of the molecule is CCCCCCCCCCCCCCCCCCCCCCCCCCCC(O)C(CO)NC(=O)CCCCCCC/C=C\CCCCCOC(=O)CCCCCCCCCCCCCCCCCCCCC. The Kier molecular flexibility index (Phi) is 61.9. The molecule has 6 heteroatoms. The number of rotatable bonds is 63. The zero-order chi connectivity index (χ0) is 52.9. The lowest BCUT2D eigenvalue weighted by Gasteiger charge is -2.22. The molecule has 0 saturated heterocycles. The topological polar surface area (TPSA) is 95.9 Å². The molecule has 73 heavy (non-hydrogen) atoms. The number of carbonyl (C=O) groups excluding carboxylic acids is 2. The van der Waals surface area contributed by atoms with Crippen molar-refractivity contribution in [2.24, 2.45) is 0 Å². The number of aliphatic hydroxyl groups is 2. The smallest absolute Gasteiger partial charge is 0.305 e. The van der Waals surface area contributed by atoms with Gasteiger partial charge < -0.3 is 20.3 Å². The minimum absolute atomic E-state index is 0.0163. The number of esters is 1. The minimum Gasteiger partial charge on any atom is -0.466 e. The molecule has 0 bridgehead atoms. The minimum atomic E-state index is -0.681. The van der Waals surface area contributed by atoms with Crippen LogP contribution in [0.2, 0.25) is 0 Å². The van der Waals surface area contributed by atoms with Crippen molar-refractivity contribution in [1.82, 2.24) is 5.32 Å². The monoisotopic (exact) mass is 1030 g/mol. The Bertz CT molecular complexity index is 1100. The highest BCUT2D eigenvalue weighted by Gasteiger charge is 2.20. The van der Waals surface area contributed by atoms with Gasteiger partial charge in [0.1, 0.15) is 0 Å². The molecule has 0 aromatic rings. The molecule has 0 aliphatic rings. The van der Waals surface area contributed by atoms with Crippen molar-refractivity contribution in [1.29, 1.82) is 0 Å². The van der Waals surface area contributed by atoms with Crippen LogP contribution in [0.1, 0.15) is 380 Å². The standard InChI is InChI=1S/C67H131NO5/c1-3-5-7-9-11-13-15-17-19-21-23-24-25-26-27-28-30-31-33-35-39-43-47-51-55-59-65(70)64(63-69)68-66(71)60-56-52-48-44-40-37-38-42-46-50-54-58-62-73-67(72)61-57-53-49-45-41-36-34-32-29-22-20-18-16-14-12-10-8-6-4-2/h38,42,64-65,69-70H,3-37,39-41,43-63H2,1-2H3,(H,68,71)/b42-38-. The van der Waals surface area contributed by atoms with E-state index in [-0.39, 0.29) is 18.5 Å². The average Bonchev–Trinajstić information content (AvgIpc) is 3.39. The van der Waals surface area contributed by atoms with Gasteiger partial charge in [-0.1, -0.05) is 321 Å². The van der Waals surface area contributed by atoms with Crippen molar-refractivity contribution < 1.29 is 24.5 Å². The molecule has 0 aliphatic heterocycles. The zero-order valence-electron chi connectivity index (χ0n) is 49.6. The molecule has 0 spiro atoms. The van der Waals surface area contributed by atoms with Gasteiger partial charge >= 0.3 is 5.97 Å². The third kappa shape index (κ3) is 59.7. The normalized spacial score (nSPS) is 12.5. The Morgan fingerprint density at radius 1 is 0.370 bits per heavy atom. The predicted molar refractivity (Wildman–Crippen MR) is 320 cm³/mol. The summed E-state index contributed by atoms with van der Waals surface area (Å²) in [6.45, 7) is 4.94. The van der Waals surface area contributed by atoms with E-state index in [1.807, 2.05) is 0 Å². The highest BCUT2D eigenvalue weighted by atomic mass is 16.5. The summed E-state index contributed by atoms with van der Waals surface area (Å²) in [4.78, 5) is 24.6. The molecular weight excluding hydrogens is 899 g/mol. The summed E-state index contributed by atoms with van der Waals surface area (Å²) in [6, 6.07) is -0.561. The van der Waals surface area contributed by atoms with E-state index in [1.165, 1.54) is 270 Å². The second-order valence-corrected chi connectivity index (χ2v) is 23.2. The van der Waals surface area contributed by atoms with Gasteiger partial charge in [-0.15, -0.1) is 0 Å². The summed E-state index contributed by atoms with van der Waals surface area (Å²) < 4.78 is 5.48. The Morgan fingerprint density at radius 2 is 0.644 bits per heavy atom. The second kappa shape index (κ2) is 63.1. The Morgan fingerprint density at radius 3 is 0.973 bits per heavy atom. The van der Waals surface area contributed by atoms with E-state index in [4.69, 9.17) is 4.74 Å². The highest BCUT2D eigenvalue weighted by Crippen LogP contribution is 2.19. The fourth-order valence-corrected chi connectivity index (χ4v) is 10.7. The molecule has 0 rings (SSSR count). The van der Waals surface area contributed by atoms with Crippen LogP contribution in [0.3, 0.4) is 0 Å². The van der Waals surface area contributed by atoms with Crippen LogP contribution in [0.15, 0.2) is 12.2 Å². The first-order valence-corrected chi connectivity index (χ1v) is 33.4. The number of carbonyl (C=O) groups is 2. The molecule has 434 valence electrons. The number of hydrogen-bond acceptors (Lipinski definition) is 5. The van der Waals surface area contributed by atoms with Crippen molar-refractivity contribution in [3.05, 3.63) is 12.2 Å². The van der Waals surface area contributed by atoms with Crippen LogP contribution in [0.25, 0.3) is 0 Å². The van der Waals surface area contributed by atoms with E-state index in [2.05, 4.69) is 31.3 Å². The van der Waals surface area contributed by atoms with E-state index in [1.54, 1.807) is 0 Å². The summed E-state index contributed by atoms with van der Waals surface area (Å²) in [5.41, 5.74) is 0. The van der Waals surface area contributed by atoms with Crippen LogP contribution in [-0.4, -0.2) is 47.4 Å². The molecule has 6 nitrogen and oxygen atoms in total. The Hall–Kier alpha value is -1.40. The third-order valence-electron chi connectivity index (χ3n) is 15.8. The first-order valence-electron chi connectivity index (χ1n) is 33.4. The quantitative estimate of drug-likeness (QED) is 0.0320. The molecule has 0 aliphatic carbocycles. The molecule has 2 atom stereocenters. The molecule has 2 unspecified atom stereocenters. The molecule has 0 aromatic heterocycles. The van der Waals surface area contributed by atoms with Crippen molar-refractivity contribution in [2.75, 3.05) is 13.2 Å². The largest absolute Gasteiger partial charge is 0.466 e. The molecule has 0 aromatic carbocycles. The first-order chi connectivity index (χ1) is 36.0. The van der Waals surface area contributed by atoms with E-state index in [0.29, 0.717) is 25.9 Å². The van der Waals surface area contributed by atoms with E-state index >= 15 is 0 Å². The van der Waals surface area contributed by atoms with Gasteiger partial charge in [-0.2, -0.15) is 0 Å². The van der Waals surface area contributed by atoms with E-state index in [0.717, 1.165) is 77.0 Å². The number of nitrogens with one attached hydrogen (secondary N) is 1. The van der Waals surface area contributed by atoms with Crippen LogP contribution < -0.4 is 5.32 Å². The van der Waals surface area contributed by atoms with Crippen LogP contribution >= 0.6 is 0 Å². The molecule has 1 amide bonds. The predicted octanol–water partition coefficient (Wildman–Crippen LogP) is 21.2. The van der Waals surface area contributed by atoms with Gasteiger partial charge in [0.05, 0.1) is 25.4 Å². The fourth-order valence-electron chi connectivity index (χ4n) is 10.7. The zero-order valence-corrected chi connectivity index (χ0v) is 49.6. The number of hydrogen-bond donors (Lipinski definition) is 3. The summed E-state index contributed by atoms with van der Waals surface area (Å²) in [5, 5.41) is 23.4.